The average molecular weight is 647 g/mol. The topological polar surface area (TPSA) is 86.8 Å². The van der Waals surface area contributed by atoms with Crippen LogP contribution in [0, 0.1) is 0 Å². The van der Waals surface area contributed by atoms with Gasteiger partial charge in [0.05, 0.1) is 11.9 Å². The Morgan fingerprint density at radius 1 is 0.907 bits per heavy atom. The van der Waals surface area contributed by atoms with Gasteiger partial charge in [-0.05, 0) is 54.2 Å². The number of nitrogens with zero attached hydrogens (tertiary/aromatic N) is 2. The van der Waals surface area contributed by atoms with Crippen LogP contribution in [-0.2, 0) is 38.0 Å². The lowest BCUT2D eigenvalue weighted by Gasteiger charge is -2.34. The SMILES string of the molecule is CC[C@H](C)NC(=O)[C@H](Cc1ccccc1)N(Cc1c(Cl)cccc1Cl)C(=O)CN(c1ccc(C(C)(C)C)cc1)S(C)(=O)=O. The van der Waals surface area contributed by atoms with Crippen LogP contribution < -0.4 is 9.62 Å². The van der Waals surface area contributed by atoms with Crippen LogP contribution in [0.15, 0.2) is 72.8 Å². The lowest BCUT2D eigenvalue weighted by atomic mass is 9.87. The van der Waals surface area contributed by atoms with Gasteiger partial charge < -0.3 is 10.2 Å². The van der Waals surface area contributed by atoms with Crippen molar-refractivity contribution in [3.05, 3.63) is 99.5 Å². The number of carbonyl (C=O) groups excluding carboxylic acids is 2. The Labute approximate surface area is 266 Å². The number of nitrogens with one attached hydrogen (secondary N) is 1. The summed E-state index contributed by atoms with van der Waals surface area (Å²) in [4.78, 5) is 29.5. The number of sulfonamides is 1. The minimum atomic E-state index is -3.88. The van der Waals surface area contributed by atoms with Crippen LogP contribution >= 0.6 is 23.2 Å². The maximum absolute atomic E-state index is 14.3. The lowest BCUT2D eigenvalue weighted by molar-refractivity contribution is -0.140. The third-order valence-corrected chi connectivity index (χ3v) is 9.21. The van der Waals surface area contributed by atoms with Crippen LogP contribution in [0.1, 0.15) is 57.7 Å². The summed E-state index contributed by atoms with van der Waals surface area (Å²) in [5, 5.41) is 3.68. The molecule has 10 heteroatoms. The van der Waals surface area contributed by atoms with Gasteiger partial charge in [0.15, 0.2) is 0 Å². The number of carbonyl (C=O) groups is 2. The number of rotatable bonds is 12. The molecule has 0 radical (unpaired) electrons. The minimum absolute atomic E-state index is 0.0939. The maximum Gasteiger partial charge on any atom is 0.244 e. The molecule has 0 aliphatic heterocycles. The summed E-state index contributed by atoms with van der Waals surface area (Å²) in [6, 6.07) is 20.4. The smallest absolute Gasteiger partial charge is 0.244 e. The molecule has 3 aromatic carbocycles. The first-order chi connectivity index (χ1) is 20.1. The van der Waals surface area contributed by atoms with Gasteiger partial charge >= 0.3 is 0 Å². The monoisotopic (exact) mass is 645 g/mol. The molecule has 43 heavy (non-hydrogen) atoms. The zero-order chi connectivity index (χ0) is 31.9. The van der Waals surface area contributed by atoms with Gasteiger partial charge in [0.2, 0.25) is 21.8 Å². The van der Waals surface area contributed by atoms with E-state index in [2.05, 4.69) is 26.1 Å². The first-order valence-electron chi connectivity index (χ1n) is 14.3. The molecular formula is C33H41Cl2N3O4S. The minimum Gasteiger partial charge on any atom is -0.352 e. The Kier molecular flexibility index (Phi) is 11.7. The summed E-state index contributed by atoms with van der Waals surface area (Å²) in [6.07, 6.45) is 1.96. The highest BCUT2D eigenvalue weighted by Gasteiger charge is 2.34. The molecule has 0 saturated heterocycles. The van der Waals surface area contributed by atoms with Crippen molar-refractivity contribution >= 4 is 50.7 Å². The molecule has 0 spiro atoms. The standard InChI is InChI=1S/C33H41Cl2N3O4S/c1-7-23(2)36-32(40)30(20-24-12-9-8-10-13-24)37(21-27-28(34)14-11-15-29(27)35)31(39)22-38(43(6,41)42)26-18-16-25(17-19-26)33(3,4)5/h8-19,23,30H,7,20-22H2,1-6H3,(H,36,40)/t23-,30-/m0/s1. The molecule has 1 N–H and O–H groups in total. The zero-order valence-corrected chi connectivity index (χ0v) is 27.9. The highest BCUT2D eigenvalue weighted by atomic mass is 35.5. The van der Waals surface area contributed by atoms with E-state index in [0.29, 0.717) is 27.7 Å². The Morgan fingerprint density at radius 2 is 1.49 bits per heavy atom. The van der Waals surface area contributed by atoms with Crippen LogP contribution in [0.25, 0.3) is 0 Å². The highest BCUT2D eigenvalue weighted by molar-refractivity contribution is 7.92. The highest BCUT2D eigenvalue weighted by Crippen LogP contribution is 2.29. The van der Waals surface area contributed by atoms with Crippen LogP contribution in [0.3, 0.4) is 0 Å². The Hall–Kier alpha value is -3.07. The normalized spacial score (nSPS) is 13.2. The molecule has 0 bridgehead atoms. The molecule has 0 fully saturated rings. The molecule has 0 heterocycles. The fourth-order valence-electron chi connectivity index (χ4n) is 4.59. The summed E-state index contributed by atoms with van der Waals surface area (Å²) in [5.74, 6) is -0.920. The van der Waals surface area contributed by atoms with Crippen LogP contribution in [-0.4, -0.2) is 50.0 Å². The Morgan fingerprint density at radius 3 is 2.00 bits per heavy atom. The van der Waals surface area contributed by atoms with Crippen LogP contribution in [0.5, 0.6) is 0 Å². The summed E-state index contributed by atoms with van der Waals surface area (Å²) < 4.78 is 27.2. The van der Waals surface area contributed by atoms with Gasteiger partial charge in [-0.3, -0.25) is 13.9 Å². The summed E-state index contributed by atoms with van der Waals surface area (Å²) in [7, 11) is -3.88. The molecule has 2 amide bonds. The predicted octanol–water partition coefficient (Wildman–Crippen LogP) is 6.61. The number of amides is 2. The molecule has 0 unspecified atom stereocenters. The van der Waals surface area contributed by atoms with E-state index in [1.807, 2.05) is 56.3 Å². The molecular weight excluding hydrogens is 605 g/mol. The summed E-state index contributed by atoms with van der Waals surface area (Å²) >= 11 is 13.1. The van der Waals surface area contributed by atoms with Crippen molar-refractivity contribution < 1.29 is 18.0 Å². The van der Waals surface area contributed by atoms with Gasteiger partial charge in [-0.25, -0.2) is 8.42 Å². The number of halogens is 2. The predicted molar refractivity (Wildman–Crippen MR) is 176 cm³/mol. The van der Waals surface area contributed by atoms with E-state index in [1.165, 1.54) is 4.90 Å². The van der Waals surface area contributed by atoms with Crippen molar-refractivity contribution in [2.24, 2.45) is 0 Å². The summed E-state index contributed by atoms with van der Waals surface area (Å²) in [6.45, 7) is 9.43. The molecule has 3 rings (SSSR count). The van der Waals surface area contributed by atoms with E-state index in [0.717, 1.165) is 21.7 Å². The third kappa shape index (κ3) is 9.46. The quantitative estimate of drug-likeness (QED) is 0.240. The van der Waals surface area contributed by atoms with Crippen LogP contribution in [0.4, 0.5) is 5.69 Å². The number of anilines is 1. The van der Waals surface area contributed by atoms with E-state index < -0.39 is 28.5 Å². The average Bonchev–Trinajstić information content (AvgIpc) is 2.94. The van der Waals surface area contributed by atoms with Gasteiger partial charge in [0, 0.05) is 34.6 Å². The van der Waals surface area contributed by atoms with Gasteiger partial charge in [0.25, 0.3) is 0 Å². The molecule has 0 aliphatic rings. The Balaban J connectivity index is 2.10. The molecule has 2 atom stereocenters. The maximum atomic E-state index is 14.3. The number of hydrogen-bond acceptors (Lipinski definition) is 4. The lowest BCUT2D eigenvalue weighted by Crippen LogP contribution is -2.54. The van der Waals surface area contributed by atoms with Gasteiger partial charge in [-0.15, -0.1) is 0 Å². The van der Waals surface area contributed by atoms with Crippen molar-refractivity contribution in [2.45, 2.75) is 71.5 Å². The number of benzene rings is 3. The van der Waals surface area contributed by atoms with Crippen molar-refractivity contribution in [1.29, 1.82) is 0 Å². The van der Waals surface area contributed by atoms with Gasteiger partial charge in [-0.1, -0.05) is 99.4 Å². The Bertz CT molecular complexity index is 1490. The largest absolute Gasteiger partial charge is 0.352 e. The molecule has 7 nitrogen and oxygen atoms in total. The first kappa shape index (κ1) is 34.4. The second kappa shape index (κ2) is 14.6. The molecule has 0 saturated carbocycles. The van der Waals surface area contributed by atoms with Crippen molar-refractivity contribution in [3.8, 4) is 0 Å². The third-order valence-electron chi connectivity index (χ3n) is 7.36. The summed E-state index contributed by atoms with van der Waals surface area (Å²) in [5.41, 5.74) is 2.55. The van der Waals surface area contributed by atoms with E-state index in [9.17, 15) is 18.0 Å². The van der Waals surface area contributed by atoms with Crippen LogP contribution in [0.2, 0.25) is 10.0 Å². The fraction of sp³-hybridized carbons (Fsp3) is 0.394. The van der Waals surface area contributed by atoms with E-state index in [4.69, 9.17) is 23.2 Å². The van der Waals surface area contributed by atoms with Gasteiger partial charge in [0.1, 0.15) is 12.6 Å². The van der Waals surface area contributed by atoms with Crippen molar-refractivity contribution in [3.63, 3.8) is 0 Å². The van der Waals surface area contributed by atoms with Crippen molar-refractivity contribution in [2.75, 3.05) is 17.1 Å². The first-order valence-corrected chi connectivity index (χ1v) is 16.9. The second-order valence-corrected chi connectivity index (χ2v) is 14.5. The molecule has 3 aromatic rings. The zero-order valence-electron chi connectivity index (χ0n) is 25.6. The van der Waals surface area contributed by atoms with E-state index in [-0.39, 0.29) is 30.3 Å². The number of hydrogen-bond donors (Lipinski definition) is 1. The second-order valence-electron chi connectivity index (χ2n) is 11.8. The molecule has 0 aliphatic carbocycles. The van der Waals surface area contributed by atoms with Crippen molar-refractivity contribution in [1.82, 2.24) is 10.2 Å². The van der Waals surface area contributed by atoms with E-state index in [1.54, 1.807) is 30.3 Å². The van der Waals surface area contributed by atoms with E-state index >= 15 is 0 Å². The van der Waals surface area contributed by atoms with Gasteiger partial charge in [-0.2, -0.15) is 0 Å². The molecule has 0 aromatic heterocycles. The fourth-order valence-corrected chi connectivity index (χ4v) is 5.96. The molecule has 232 valence electrons.